The molecule has 0 bridgehead atoms. The molecule has 1 aromatic carbocycles. The molecule has 1 aliphatic carbocycles. The first kappa shape index (κ1) is 17.1. The molecule has 0 spiro atoms. The first-order chi connectivity index (χ1) is 11.8. The highest BCUT2D eigenvalue weighted by molar-refractivity contribution is 5.87. The van der Waals surface area contributed by atoms with Crippen molar-refractivity contribution in [1.29, 1.82) is 0 Å². The minimum atomic E-state index is -4.72. The average Bonchev–Trinajstić information content (AvgIpc) is 3.16. The molecule has 1 aliphatic rings. The summed E-state index contributed by atoms with van der Waals surface area (Å²) in [6.45, 7) is 0. The van der Waals surface area contributed by atoms with E-state index in [0.29, 0.717) is 12.8 Å². The molecule has 10 heteroatoms. The Morgan fingerprint density at radius 1 is 1.24 bits per heavy atom. The van der Waals surface area contributed by atoms with E-state index in [1.54, 1.807) is 12.1 Å². The molecule has 134 valence electrons. The van der Waals surface area contributed by atoms with Crippen LogP contribution >= 0.6 is 0 Å². The summed E-state index contributed by atoms with van der Waals surface area (Å²) >= 11 is 0. The summed E-state index contributed by atoms with van der Waals surface area (Å²) in [6, 6.07) is 5.73. The number of aromatic nitrogens is 3. The largest absolute Gasteiger partial charge is 0.573 e. The van der Waals surface area contributed by atoms with Gasteiger partial charge in [-0.3, -0.25) is 0 Å². The number of rotatable bonds is 5. The Kier molecular flexibility index (Phi) is 4.51. The third-order valence-electron chi connectivity index (χ3n) is 3.98. The van der Waals surface area contributed by atoms with Crippen LogP contribution in [0.3, 0.4) is 0 Å². The van der Waals surface area contributed by atoms with E-state index in [-0.39, 0.29) is 29.3 Å². The number of benzene rings is 1. The maximum absolute atomic E-state index is 12.2. The summed E-state index contributed by atoms with van der Waals surface area (Å²) in [4.78, 5) is 11.0. The fourth-order valence-electron chi connectivity index (χ4n) is 2.89. The zero-order chi connectivity index (χ0) is 18.0. The predicted molar refractivity (Wildman–Crippen MR) is 77.5 cm³/mol. The summed E-state index contributed by atoms with van der Waals surface area (Å²) in [5, 5.41) is 18.3. The van der Waals surface area contributed by atoms with E-state index in [1.165, 1.54) is 12.1 Å². The Hall–Kier alpha value is -2.78. The van der Waals surface area contributed by atoms with Crippen LogP contribution in [0.25, 0.3) is 0 Å². The number of nitrogens with zero attached hydrogens (tertiary/aromatic N) is 2. The molecule has 2 atom stereocenters. The van der Waals surface area contributed by atoms with Crippen molar-refractivity contribution in [2.75, 3.05) is 0 Å². The molecule has 25 heavy (non-hydrogen) atoms. The third-order valence-corrected chi connectivity index (χ3v) is 3.98. The number of carboxylic acids is 1. The number of nitrogens with one attached hydrogen (secondary N) is 1. The van der Waals surface area contributed by atoms with Crippen molar-refractivity contribution >= 4 is 5.97 Å². The molecule has 7 nitrogen and oxygen atoms in total. The van der Waals surface area contributed by atoms with Gasteiger partial charge < -0.3 is 14.6 Å². The second-order valence-corrected chi connectivity index (χ2v) is 5.66. The topological polar surface area (TPSA) is 97.3 Å². The molecule has 0 saturated heterocycles. The van der Waals surface area contributed by atoms with Crippen LogP contribution in [0.2, 0.25) is 0 Å². The number of hydrogen-bond donors (Lipinski definition) is 2. The van der Waals surface area contributed by atoms with Gasteiger partial charge in [0.2, 0.25) is 5.69 Å². The molecule has 1 fully saturated rings. The highest BCUT2D eigenvalue weighted by atomic mass is 19.4. The molecule has 3 rings (SSSR count). The van der Waals surface area contributed by atoms with Gasteiger partial charge >= 0.3 is 12.3 Å². The van der Waals surface area contributed by atoms with Crippen molar-refractivity contribution in [3.8, 4) is 11.6 Å². The molecular formula is C15H14F3N3O4. The minimum Gasteiger partial charge on any atom is -0.476 e. The summed E-state index contributed by atoms with van der Waals surface area (Å²) in [5.41, 5.74) is 0.663. The van der Waals surface area contributed by atoms with Crippen molar-refractivity contribution in [2.45, 2.75) is 37.6 Å². The number of aromatic carboxylic acids is 1. The maximum atomic E-state index is 12.2. The van der Waals surface area contributed by atoms with Crippen LogP contribution in [0, 0.1) is 0 Å². The van der Waals surface area contributed by atoms with E-state index in [0.717, 1.165) is 12.0 Å². The molecular weight excluding hydrogens is 343 g/mol. The van der Waals surface area contributed by atoms with Gasteiger partial charge in [-0.1, -0.05) is 22.4 Å². The summed E-state index contributed by atoms with van der Waals surface area (Å²) in [7, 11) is 0. The van der Waals surface area contributed by atoms with Gasteiger partial charge in [0.15, 0.2) is 0 Å². The van der Waals surface area contributed by atoms with Crippen LogP contribution in [0.15, 0.2) is 24.3 Å². The minimum absolute atomic E-state index is 0.0629. The zero-order valence-corrected chi connectivity index (χ0v) is 12.8. The van der Waals surface area contributed by atoms with E-state index in [1.807, 2.05) is 0 Å². The molecule has 2 aromatic rings. The lowest BCUT2D eigenvalue weighted by Crippen LogP contribution is -2.17. The molecule has 2 N–H and O–H groups in total. The van der Waals surface area contributed by atoms with E-state index < -0.39 is 12.3 Å². The molecule has 1 aromatic heterocycles. The zero-order valence-electron chi connectivity index (χ0n) is 12.8. The molecule has 0 aliphatic heterocycles. The van der Waals surface area contributed by atoms with Gasteiger partial charge in [-0.2, -0.15) is 0 Å². The van der Waals surface area contributed by atoms with E-state index in [9.17, 15) is 18.0 Å². The molecule has 2 unspecified atom stereocenters. The van der Waals surface area contributed by atoms with Crippen LogP contribution < -0.4 is 9.47 Å². The predicted octanol–water partition coefficient (Wildman–Crippen LogP) is 3.12. The smallest absolute Gasteiger partial charge is 0.476 e. The normalized spacial score (nSPS) is 20.4. The maximum Gasteiger partial charge on any atom is 0.573 e. The van der Waals surface area contributed by atoms with Crippen LogP contribution in [-0.2, 0) is 0 Å². The summed E-state index contributed by atoms with van der Waals surface area (Å²) in [6.07, 6.45) is -2.90. The van der Waals surface area contributed by atoms with Crippen LogP contribution in [-0.4, -0.2) is 39.0 Å². The lowest BCUT2D eigenvalue weighted by molar-refractivity contribution is -0.274. The van der Waals surface area contributed by atoms with Crippen molar-refractivity contribution in [3.05, 3.63) is 35.5 Å². The van der Waals surface area contributed by atoms with Gasteiger partial charge in [0, 0.05) is 0 Å². The fourth-order valence-corrected chi connectivity index (χ4v) is 2.89. The first-order valence-electron chi connectivity index (χ1n) is 7.48. The van der Waals surface area contributed by atoms with Crippen molar-refractivity contribution in [3.63, 3.8) is 0 Å². The monoisotopic (exact) mass is 357 g/mol. The lowest BCUT2D eigenvalue weighted by atomic mass is 9.97. The highest BCUT2D eigenvalue weighted by Gasteiger charge is 2.32. The SMILES string of the molecule is O=C(O)c1[nH]nnc1OC1CCC(c2ccc(OC(F)(F)F)cc2)C1. The van der Waals surface area contributed by atoms with E-state index in [2.05, 4.69) is 20.1 Å². The van der Waals surface area contributed by atoms with Crippen LogP contribution in [0.4, 0.5) is 13.2 Å². The first-order valence-corrected chi connectivity index (χ1v) is 7.48. The van der Waals surface area contributed by atoms with Gasteiger partial charge in [0.25, 0.3) is 5.88 Å². The van der Waals surface area contributed by atoms with Gasteiger partial charge in [0.1, 0.15) is 11.9 Å². The van der Waals surface area contributed by atoms with E-state index in [4.69, 9.17) is 9.84 Å². The van der Waals surface area contributed by atoms with Crippen LogP contribution in [0.1, 0.15) is 41.2 Å². The number of aromatic amines is 1. The van der Waals surface area contributed by atoms with Crippen molar-refractivity contribution in [2.24, 2.45) is 0 Å². The van der Waals surface area contributed by atoms with Gasteiger partial charge in [-0.05, 0) is 42.9 Å². The number of alkyl halides is 3. The van der Waals surface area contributed by atoms with Gasteiger partial charge in [-0.15, -0.1) is 13.2 Å². The second kappa shape index (κ2) is 6.61. The van der Waals surface area contributed by atoms with Crippen molar-refractivity contribution < 1.29 is 32.5 Å². The second-order valence-electron chi connectivity index (χ2n) is 5.66. The Balaban J connectivity index is 1.61. The molecule has 0 amide bonds. The fraction of sp³-hybridized carbons (Fsp3) is 0.400. The lowest BCUT2D eigenvalue weighted by Gasteiger charge is -2.14. The number of hydrogen-bond acceptors (Lipinski definition) is 5. The Bertz CT molecular complexity index is 745. The van der Waals surface area contributed by atoms with Gasteiger partial charge in [0.05, 0.1) is 0 Å². The molecule has 0 radical (unpaired) electrons. The summed E-state index contributed by atoms with van der Waals surface area (Å²) < 4.78 is 45.9. The number of H-pyrrole nitrogens is 1. The number of carboxylic acid groups (broad SMARTS) is 1. The van der Waals surface area contributed by atoms with Gasteiger partial charge in [-0.25, -0.2) is 9.89 Å². The van der Waals surface area contributed by atoms with E-state index >= 15 is 0 Å². The number of carbonyl (C=O) groups is 1. The average molecular weight is 357 g/mol. The van der Waals surface area contributed by atoms with Crippen LogP contribution in [0.5, 0.6) is 11.6 Å². The number of ether oxygens (including phenoxy) is 2. The third kappa shape index (κ3) is 4.20. The quantitative estimate of drug-likeness (QED) is 0.853. The Morgan fingerprint density at radius 3 is 2.60 bits per heavy atom. The van der Waals surface area contributed by atoms with Crippen molar-refractivity contribution in [1.82, 2.24) is 15.4 Å². The Morgan fingerprint density at radius 2 is 1.96 bits per heavy atom. The molecule has 1 heterocycles. The summed E-state index contributed by atoms with van der Waals surface area (Å²) in [5.74, 6) is -1.44. The highest BCUT2D eigenvalue weighted by Crippen LogP contribution is 2.37. The molecule has 1 saturated carbocycles. The number of halogens is 3. The Labute approximate surface area is 139 Å². The standard InChI is InChI=1S/C15H14F3N3O4/c16-15(17,18)25-10-4-1-8(2-5-10)9-3-6-11(7-9)24-13-12(14(22)23)19-21-20-13/h1-2,4-5,9,11H,3,6-7H2,(H,22,23)(H,19,20,21).